The van der Waals surface area contributed by atoms with Crippen LogP contribution in [-0.4, -0.2) is 36.2 Å². The third-order valence-electron chi connectivity index (χ3n) is 3.91. The van der Waals surface area contributed by atoms with Gasteiger partial charge in [0.05, 0.1) is 7.11 Å². The molecule has 126 valence electrons. The zero-order chi connectivity index (χ0) is 16.8. The maximum absolute atomic E-state index is 12.2. The van der Waals surface area contributed by atoms with Crippen LogP contribution < -0.4 is 20.9 Å². The SMILES string of the molecule is CCC[C@H](NC(=O)C1CC(c2cccc(OC)c2)NN1)C(=O)O. The number of nitrogens with one attached hydrogen (secondary N) is 3. The van der Waals surface area contributed by atoms with E-state index in [1.807, 2.05) is 31.2 Å². The number of ether oxygens (including phenoxy) is 1. The van der Waals surface area contributed by atoms with E-state index in [9.17, 15) is 9.59 Å². The van der Waals surface area contributed by atoms with Crippen molar-refractivity contribution in [3.8, 4) is 5.75 Å². The molecule has 1 amide bonds. The average Bonchev–Trinajstić information content (AvgIpc) is 3.04. The number of aliphatic carboxylic acids is 1. The van der Waals surface area contributed by atoms with E-state index in [1.165, 1.54) is 0 Å². The van der Waals surface area contributed by atoms with E-state index in [4.69, 9.17) is 9.84 Å². The molecule has 0 aliphatic carbocycles. The van der Waals surface area contributed by atoms with E-state index in [0.717, 1.165) is 11.3 Å². The zero-order valence-electron chi connectivity index (χ0n) is 13.3. The van der Waals surface area contributed by atoms with Crippen molar-refractivity contribution in [2.75, 3.05) is 7.11 Å². The Morgan fingerprint density at radius 2 is 2.22 bits per heavy atom. The van der Waals surface area contributed by atoms with Crippen LogP contribution in [0.15, 0.2) is 24.3 Å². The van der Waals surface area contributed by atoms with Gasteiger partial charge in [-0.05, 0) is 30.5 Å². The normalized spacial score (nSPS) is 21.7. The first-order valence-corrected chi connectivity index (χ1v) is 7.73. The van der Waals surface area contributed by atoms with Gasteiger partial charge in [0.25, 0.3) is 0 Å². The van der Waals surface area contributed by atoms with Crippen LogP contribution in [0, 0.1) is 0 Å². The quantitative estimate of drug-likeness (QED) is 0.597. The summed E-state index contributed by atoms with van der Waals surface area (Å²) in [5.41, 5.74) is 7.02. The average molecular weight is 321 g/mol. The van der Waals surface area contributed by atoms with E-state index in [2.05, 4.69) is 16.2 Å². The van der Waals surface area contributed by atoms with Gasteiger partial charge in [-0.2, -0.15) is 0 Å². The van der Waals surface area contributed by atoms with Gasteiger partial charge in [-0.1, -0.05) is 25.5 Å². The number of methoxy groups -OCH3 is 1. The molecule has 1 aromatic rings. The number of hydrogen-bond donors (Lipinski definition) is 4. The van der Waals surface area contributed by atoms with Gasteiger partial charge in [0.15, 0.2) is 0 Å². The Morgan fingerprint density at radius 3 is 2.87 bits per heavy atom. The molecule has 1 fully saturated rings. The van der Waals surface area contributed by atoms with E-state index in [0.29, 0.717) is 19.3 Å². The predicted molar refractivity (Wildman–Crippen MR) is 84.9 cm³/mol. The van der Waals surface area contributed by atoms with Crippen molar-refractivity contribution in [3.05, 3.63) is 29.8 Å². The highest BCUT2D eigenvalue weighted by Gasteiger charge is 2.32. The van der Waals surface area contributed by atoms with Gasteiger partial charge >= 0.3 is 5.97 Å². The lowest BCUT2D eigenvalue weighted by Gasteiger charge is -2.16. The molecule has 0 aromatic heterocycles. The highest BCUT2D eigenvalue weighted by atomic mass is 16.5. The lowest BCUT2D eigenvalue weighted by molar-refractivity contribution is -0.142. The number of benzene rings is 1. The Morgan fingerprint density at radius 1 is 1.43 bits per heavy atom. The van der Waals surface area contributed by atoms with Crippen molar-refractivity contribution in [3.63, 3.8) is 0 Å². The lowest BCUT2D eigenvalue weighted by Crippen LogP contribution is -2.49. The summed E-state index contributed by atoms with van der Waals surface area (Å²) < 4.78 is 5.20. The van der Waals surface area contributed by atoms with Crippen molar-refractivity contribution in [1.29, 1.82) is 0 Å². The second-order valence-electron chi connectivity index (χ2n) is 5.59. The number of carbonyl (C=O) groups is 2. The van der Waals surface area contributed by atoms with Gasteiger partial charge in [0.1, 0.15) is 17.8 Å². The molecule has 1 heterocycles. The van der Waals surface area contributed by atoms with Gasteiger partial charge in [-0.25, -0.2) is 15.6 Å². The molecule has 7 nitrogen and oxygen atoms in total. The van der Waals surface area contributed by atoms with E-state index >= 15 is 0 Å². The first-order valence-electron chi connectivity index (χ1n) is 7.73. The second-order valence-corrected chi connectivity index (χ2v) is 5.59. The summed E-state index contributed by atoms with van der Waals surface area (Å²) >= 11 is 0. The Bertz CT molecular complexity index is 564. The third kappa shape index (κ3) is 4.43. The smallest absolute Gasteiger partial charge is 0.326 e. The topological polar surface area (TPSA) is 99.7 Å². The van der Waals surface area contributed by atoms with Gasteiger partial charge in [0, 0.05) is 6.04 Å². The summed E-state index contributed by atoms with van der Waals surface area (Å²) in [4.78, 5) is 23.4. The third-order valence-corrected chi connectivity index (χ3v) is 3.91. The minimum Gasteiger partial charge on any atom is -0.497 e. The summed E-state index contributed by atoms with van der Waals surface area (Å²) in [6.45, 7) is 1.89. The molecule has 2 rings (SSSR count). The Kier molecular flexibility index (Phi) is 5.95. The van der Waals surface area contributed by atoms with Crippen LogP contribution in [0.2, 0.25) is 0 Å². The fourth-order valence-corrected chi connectivity index (χ4v) is 2.62. The molecule has 1 aliphatic rings. The van der Waals surface area contributed by atoms with Gasteiger partial charge in [-0.3, -0.25) is 4.79 Å². The fourth-order valence-electron chi connectivity index (χ4n) is 2.62. The standard InChI is InChI=1S/C16H23N3O4/c1-3-5-12(16(21)22)17-15(20)14-9-13(18-19-14)10-6-4-7-11(8-10)23-2/h4,6-8,12-14,18-19H,3,5,9H2,1-2H3,(H,17,20)(H,21,22)/t12-,13?,14?/m0/s1. The molecule has 1 aliphatic heterocycles. The summed E-state index contributed by atoms with van der Waals surface area (Å²) in [7, 11) is 1.61. The Balaban J connectivity index is 1.96. The van der Waals surface area contributed by atoms with Gasteiger partial charge in [0.2, 0.25) is 5.91 Å². The minimum absolute atomic E-state index is 0.0321. The predicted octanol–water partition coefficient (Wildman–Crippen LogP) is 0.972. The molecule has 4 N–H and O–H groups in total. The minimum atomic E-state index is -1.00. The molecule has 23 heavy (non-hydrogen) atoms. The lowest BCUT2D eigenvalue weighted by atomic mass is 10.0. The molecule has 0 bridgehead atoms. The molecule has 0 radical (unpaired) electrons. The number of rotatable bonds is 7. The van der Waals surface area contributed by atoms with Crippen molar-refractivity contribution < 1.29 is 19.4 Å². The number of carbonyl (C=O) groups excluding carboxylic acids is 1. The van der Waals surface area contributed by atoms with Crippen molar-refractivity contribution in [2.24, 2.45) is 0 Å². The van der Waals surface area contributed by atoms with Crippen molar-refractivity contribution in [1.82, 2.24) is 16.2 Å². The second kappa shape index (κ2) is 7.94. The van der Waals surface area contributed by atoms with Crippen molar-refractivity contribution in [2.45, 2.75) is 44.3 Å². The van der Waals surface area contributed by atoms with Gasteiger partial charge < -0.3 is 15.2 Å². The van der Waals surface area contributed by atoms with Gasteiger partial charge in [-0.15, -0.1) is 0 Å². The molecular formula is C16H23N3O4. The maximum Gasteiger partial charge on any atom is 0.326 e. The number of carboxylic acids is 1. The van der Waals surface area contributed by atoms with Crippen LogP contribution in [-0.2, 0) is 9.59 Å². The first kappa shape index (κ1) is 17.2. The molecule has 7 heteroatoms. The molecular weight excluding hydrogens is 298 g/mol. The van der Waals surface area contributed by atoms with Crippen LogP contribution in [0.3, 0.4) is 0 Å². The summed E-state index contributed by atoms with van der Waals surface area (Å²) in [6, 6.07) is 6.28. The van der Waals surface area contributed by atoms with E-state index in [-0.39, 0.29) is 11.9 Å². The summed E-state index contributed by atoms with van der Waals surface area (Å²) in [5, 5.41) is 11.7. The fraction of sp³-hybridized carbons (Fsp3) is 0.500. The first-order chi connectivity index (χ1) is 11.0. The monoisotopic (exact) mass is 321 g/mol. The van der Waals surface area contributed by atoms with Crippen LogP contribution in [0.5, 0.6) is 5.75 Å². The molecule has 0 saturated carbocycles. The maximum atomic E-state index is 12.2. The van der Waals surface area contributed by atoms with E-state index in [1.54, 1.807) is 7.11 Å². The Hall–Kier alpha value is -2.12. The van der Waals surface area contributed by atoms with Crippen LogP contribution in [0.4, 0.5) is 0 Å². The largest absolute Gasteiger partial charge is 0.497 e. The number of carboxylic acid groups (broad SMARTS) is 1. The van der Waals surface area contributed by atoms with Crippen LogP contribution in [0.25, 0.3) is 0 Å². The van der Waals surface area contributed by atoms with E-state index < -0.39 is 18.1 Å². The summed E-state index contributed by atoms with van der Waals surface area (Å²) in [5.74, 6) is -0.551. The molecule has 1 aromatic carbocycles. The Labute approximate surface area is 135 Å². The van der Waals surface area contributed by atoms with Crippen LogP contribution in [0.1, 0.15) is 37.8 Å². The number of hydrazine groups is 1. The molecule has 0 spiro atoms. The van der Waals surface area contributed by atoms with Crippen molar-refractivity contribution >= 4 is 11.9 Å². The highest BCUT2D eigenvalue weighted by Crippen LogP contribution is 2.25. The molecule has 1 saturated heterocycles. The number of hydrogen-bond acceptors (Lipinski definition) is 5. The van der Waals surface area contributed by atoms with Crippen LogP contribution >= 0.6 is 0 Å². The molecule has 3 atom stereocenters. The zero-order valence-corrected chi connectivity index (χ0v) is 13.3. The number of amides is 1. The summed E-state index contributed by atoms with van der Waals surface area (Å²) in [6.07, 6.45) is 1.65. The molecule has 2 unspecified atom stereocenters. The highest BCUT2D eigenvalue weighted by molar-refractivity contribution is 5.87.